The van der Waals surface area contributed by atoms with Crippen LogP contribution in [0.5, 0.6) is 11.5 Å². The van der Waals surface area contributed by atoms with E-state index in [0.29, 0.717) is 34.6 Å². The van der Waals surface area contributed by atoms with Crippen molar-refractivity contribution < 1.29 is 23.9 Å². The van der Waals surface area contributed by atoms with Crippen molar-refractivity contribution >= 4 is 34.9 Å². The number of methoxy groups -OCH3 is 1. The summed E-state index contributed by atoms with van der Waals surface area (Å²) in [5.74, 6) is 1.47. The lowest BCUT2D eigenvalue weighted by atomic mass is 9.63. The summed E-state index contributed by atoms with van der Waals surface area (Å²) in [7, 11) is 1.56. The standard InChI is InChI=1S/C26H22ClNO5/c1-32-15-5-2-13(3-6-15)21(29)12-33-22-9-4-14(10-20(22)27)28-25(30)23-16-7-8-17(19-11-18(16)19)24(23)26(28)31/h2-10,16-19,23-24H,11-12H2,1H3/t16-,17+,18+,19-,23-,24+. The highest BCUT2D eigenvalue weighted by Crippen LogP contribution is 2.65. The highest BCUT2D eigenvalue weighted by atomic mass is 35.5. The Morgan fingerprint density at radius 1 is 1.00 bits per heavy atom. The zero-order valence-electron chi connectivity index (χ0n) is 17.9. The van der Waals surface area contributed by atoms with E-state index < -0.39 is 0 Å². The molecule has 7 heteroatoms. The number of imide groups is 1. The number of anilines is 1. The molecule has 3 fully saturated rings. The molecule has 33 heavy (non-hydrogen) atoms. The Hall–Kier alpha value is -3.12. The van der Waals surface area contributed by atoms with E-state index in [1.54, 1.807) is 49.6 Å². The van der Waals surface area contributed by atoms with Gasteiger partial charge in [-0.1, -0.05) is 23.8 Å². The number of ketones is 1. The molecule has 2 aromatic rings. The number of halogens is 1. The van der Waals surface area contributed by atoms with Crippen LogP contribution in [-0.4, -0.2) is 31.3 Å². The van der Waals surface area contributed by atoms with Crippen molar-refractivity contribution in [2.24, 2.45) is 35.5 Å². The minimum absolute atomic E-state index is 0.130. The Morgan fingerprint density at radius 2 is 1.64 bits per heavy atom. The first kappa shape index (κ1) is 20.5. The van der Waals surface area contributed by atoms with Gasteiger partial charge in [0.05, 0.1) is 29.7 Å². The Kier molecular flexibility index (Phi) is 4.63. The molecule has 0 radical (unpaired) electrons. The number of amides is 2. The third-order valence-corrected chi connectivity index (χ3v) is 7.90. The molecular formula is C26H22ClNO5. The topological polar surface area (TPSA) is 72.9 Å². The number of allylic oxidation sites excluding steroid dienone is 2. The molecule has 168 valence electrons. The molecule has 0 spiro atoms. The largest absolute Gasteiger partial charge is 0.497 e. The molecular weight excluding hydrogens is 442 g/mol. The molecule has 2 bridgehead atoms. The molecule has 0 unspecified atom stereocenters. The number of Topliss-reactive ketones (excluding diaryl/α,β-unsaturated/α-hetero) is 1. The van der Waals surface area contributed by atoms with Crippen LogP contribution >= 0.6 is 11.6 Å². The average molecular weight is 464 g/mol. The quantitative estimate of drug-likeness (QED) is 0.365. The molecule has 5 aliphatic rings. The van der Waals surface area contributed by atoms with Gasteiger partial charge in [-0.05, 0) is 72.6 Å². The number of carbonyl (C=O) groups excluding carboxylic acids is 3. The maximum Gasteiger partial charge on any atom is 0.238 e. The summed E-state index contributed by atoms with van der Waals surface area (Å²) in [5.41, 5.74) is 0.951. The van der Waals surface area contributed by atoms with Crippen molar-refractivity contribution in [1.29, 1.82) is 0 Å². The van der Waals surface area contributed by atoms with Gasteiger partial charge in [-0.2, -0.15) is 0 Å². The minimum Gasteiger partial charge on any atom is -0.497 e. The average Bonchev–Trinajstić information content (AvgIpc) is 3.61. The van der Waals surface area contributed by atoms with Crippen molar-refractivity contribution in [3.63, 3.8) is 0 Å². The molecule has 0 aromatic heterocycles. The van der Waals surface area contributed by atoms with Gasteiger partial charge in [0, 0.05) is 5.56 Å². The van der Waals surface area contributed by atoms with Crippen LogP contribution in [-0.2, 0) is 9.59 Å². The first-order valence-electron chi connectivity index (χ1n) is 11.1. The SMILES string of the molecule is COc1ccc(C(=O)COc2ccc(N3C(=O)[C@@H]4[C@@H]5C=C[C@@H]([C@H]6C[C@@H]56)[C@@H]4C3=O)cc2Cl)cc1. The molecule has 7 rings (SSSR count). The minimum atomic E-state index is -0.256. The summed E-state index contributed by atoms with van der Waals surface area (Å²) in [5, 5.41) is 0.245. The summed E-state index contributed by atoms with van der Waals surface area (Å²) in [6.45, 7) is -0.186. The molecule has 6 nitrogen and oxygen atoms in total. The summed E-state index contributed by atoms with van der Waals surface area (Å²) < 4.78 is 10.7. The summed E-state index contributed by atoms with van der Waals surface area (Å²) in [4.78, 5) is 40.2. The molecule has 2 aromatic carbocycles. The molecule has 2 amide bonds. The summed E-state index contributed by atoms with van der Waals surface area (Å²) in [6, 6.07) is 11.6. The predicted octanol–water partition coefficient (Wildman–Crippen LogP) is 4.17. The Balaban J connectivity index is 1.17. The molecule has 0 N–H and O–H groups in total. The predicted molar refractivity (Wildman–Crippen MR) is 121 cm³/mol. The molecule has 2 saturated carbocycles. The van der Waals surface area contributed by atoms with Crippen molar-refractivity contribution in [2.45, 2.75) is 6.42 Å². The lowest BCUT2D eigenvalue weighted by Gasteiger charge is -2.37. The number of rotatable bonds is 6. The third kappa shape index (κ3) is 3.11. The number of hydrogen-bond acceptors (Lipinski definition) is 5. The zero-order valence-corrected chi connectivity index (χ0v) is 18.7. The molecule has 1 heterocycles. The second-order valence-corrected chi connectivity index (χ2v) is 9.63. The zero-order chi connectivity index (χ0) is 22.9. The van der Waals surface area contributed by atoms with Gasteiger partial charge in [-0.25, -0.2) is 4.90 Å². The number of benzene rings is 2. The number of ether oxygens (including phenoxy) is 2. The van der Waals surface area contributed by atoms with E-state index in [1.165, 1.54) is 4.90 Å². The maximum absolute atomic E-state index is 13.3. The number of nitrogens with zero attached hydrogens (tertiary/aromatic N) is 1. The van der Waals surface area contributed by atoms with E-state index in [9.17, 15) is 14.4 Å². The fraction of sp³-hybridized carbons (Fsp3) is 0.346. The van der Waals surface area contributed by atoms with Gasteiger partial charge in [0.1, 0.15) is 11.5 Å². The molecule has 6 atom stereocenters. The summed E-state index contributed by atoms with van der Waals surface area (Å²) >= 11 is 6.41. The van der Waals surface area contributed by atoms with Crippen LogP contribution in [0.3, 0.4) is 0 Å². The van der Waals surface area contributed by atoms with Crippen LogP contribution < -0.4 is 14.4 Å². The fourth-order valence-electron chi connectivity index (χ4n) is 5.96. The van der Waals surface area contributed by atoms with E-state index >= 15 is 0 Å². The monoisotopic (exact) mass is 463 g/mol. The van der Waals surface area contributed by atoms with Gasteiger partial charge in [-0.3, -0.25) is 14.4 Å². The summed E-state index contributed by atoms with van der Waals surface area (Å²) in [6.07, 6.45) is 5.43. The Bertz CT molecular complexity index is 1170. The molecule has 4 aliphatic carbocycles. The normalized spacial score (nSPS) is 30.8. The first-order valence-corrected chi connectivity index (χ1v) is 11.5. The smallest absolute Gasteiger partial charge is 0.238 e. The maximum atomic E-state index is 13.3. The van der Waals surface area contributed by atoms with Crippen LogP contribution in [0, 0.1) is 35.5 Å². The van der Waals surface area contributed by atoms with Gasteiger partial charge in [-0.15, -0.1) is 0 Å². The van der Waals surface area contributed by atoms with Crippen molar-refractivity contribution in [3.05, 3.63) is 65.2 Å². The van der Waals surface area contributed by atoms with Gasteiger partial charge < -0.3 is 9.47 Å². The van der Waals surface area contributed by atoms with Gasteiger partial charge in [0.25, 0.3) is 0 Å². The lowest BCUT2D eigenvalue weighted by molar-refractivity contribution is -0.124. The second kappa shape index (κ2) is 7.45. The van der Waals surface area contributed by atoms with Crippen LogP contribution in [0.25, 0.3) is 0 Å². The van der Waals surface area contributed by atoms with Crippen LogP contribution in [0.2, 0.25) is 5.02 Å². The molecule has 1 saturated heterocycles. The van der Waals surface area contributed by atoms with Crippen LogP contribution in [0.15, 0.2) is 54.6 Å². The number of hydrogen-bond donors (Lipinski definition) is 0. The highest BCUT2D eigenvalue weighted by molar-refractivity contribution is 6.33. The fourth-order valence-corrected chi connectivity index (χ4v) is 6.19. The van der Waals surface area contributed by atoms with E-state index in [2.05, 4.69) is 12.2 Å². The number of carbonyl (C=O) groups is 3. The van der Waals surface area contributed by atoms with E-state index in [4.69, 9.17) is 21.1 Å². The van der Waals surface area contributed by atoms with Crippen molar-refractivity contribution in [2.75, 3.05) is 18.6 Å². The van der Waals surface area contributed by atoms with Crippen LogP contribution in [0.4, 0.5) is 5.69 Å². The van der Waals surface area contributed by atoms with Crippen molar-refractivity contribution in [1.82, 2.24) is 0 Å². The first-order chi connectivity index (χ1) is 16.0. The van der Waals surface area contributed by atoms with E-state index in [-0.39, 0.29) is 52.9 Å². The second-order valence-electron chi connectivity index (χ2n) is 9.22. The van der Waals surface area contributed by atoms with E-state index in [0.717, 1.165) is 6.42 Å². The van der Waals surface area contributed by atoms with Crippen molar-refractivity contribution in [3.8, 4) is 11.5 Å². The lowest BCUT2D eigenvalue weighted by Crippen LogP contribution is -2.40. The van der Waals surface area contributed by atoms with Gasteiger partial charge >= 0.3 is 0 Å². The highest BCUT2D eigenvalue weighted by Gasteiger charge is 2.67. The Morgan fingerprint density at radius 3 is 2.21 bits per heavy atom. The van der Waals surface area contributed by atoms with E-state index in [1.807, 2.05) is 0 Å². The molecule has 1 aliphatic heterocycles. The van der Waals surface area contributed by atoms with Crippen LogP contribution in [0.1, 0.15) is 16.8 Å². The third-order valence-electron chi connectivity index (χ3n) is 7.61. The van der Waals surface area contributed by atoms with Gasteiger partial charge in [0.15, 0.2) is 12.4 Å². The Labute approximate surface area is 196 Å². The van der Waals surface area contributed by atoms with Gasteiger partial charge in [0.2, 0.25) is 11.8 Å².